The van der Waals surface area contributed by atoms with Crippen molar-refractivity contribution in [2.24, 2.45) is 0 Å². The van der Waals surface area contributed by atoms with Crippen molar-refractivity contribution in [1.82, 2.24) is 15.2 Å². The first-order valence-electron chi connectivity index (χ1n) is 8.17. The molecule has 0 saturated heterocycles. The van der Waals surface area contributed by atoms with Crippen LogP contribution in [0.15, 0.2) is 61.9 Å². The van der Waals surface area contributed by atoms with E-state index in [-0.39, 0.29) is 5.91 Å². The first-order valence-corrected chi connectivity index (χ1v) is 12.8. The number of hydrogen-bond acceptors (Lipinski definition) is 9. The lowest BCUT2D eigenvalue weighted by Gasteiger charge is -2.07. The predicted octanol–water partition coefficient (Wildman–Crippen LogP) is 5.89. The van der Waals surface area contributed by atoms with Crippen LogP contribution in [0.5, 0.6) is 0 Å². The number of nitrogens with one attached hydrogen (secondary N) is 1. The maximum Gasteiger partial charge on any atom is 0.258 e. The largest absolute Gasteiger partial charge is 0.296 e. The third-order valence-corrected chi connectivity index (χ3v) is 8.36. The highest BCUT2D eigenvalue weighted by molar-refractivity contribution is 8.00. The van der Waals surface area contributed by atoms with E-state index in [9.17, 15) is 4.79 Å². The number of hydrogen-bond donors (Lipinski definition) is 1. The molecule has 5 nitrogen and oxygen atoms in total. The molecule has 0 atom stereocenters. The number of amides is 1. The van der Waals surface area contributed by atoms with Crippen LogP contribution < -0.4 is 5.32 Å². The number of aromatic nitrogens is 3. The van der Waals surface area contributed by atoms with Gasteiger partial charge in [0, 0.05) is 26.7 Å². The smallest absolute Gasteiger partial charge is 0.258 e. The molecule has 1 aromatic carbocycles. The maximum absolute atomic E-state index is 12.7. The van der Waals surface area contributed by atoms with E-state index in [1.165, 1.54) is 16.2 Å². The Bertz CT molecular complexity index is 1030. The first kappa shape index (κ1) is 19.6. The predicted molar refractivity (Wildman–Crippen MR) is 120 cm³/mol. The van der Waals surface area contributed by atoms with Gasteiger partial charge in [-0.25, -0.2) is 4.98 Å². The van der Waals surface area contributed by atoms with Gasteiger partial charge in [0.05, 0.1) is 16.8 Å². The Kier molecular flexibility index (Phi) is 6.76. The van der Waals surface area contributed by atoms with Gasteiger partial charge in [-0.3, -0.25) is 10.1 Å². The van der Waals surface area contributed by atoms with E-state index in [4.69, 9.17) is 0 Å². The van der Waals surface area contributed by atoms with Crippen molar-refractivity contribution in [1.29, 1.82) is 0 Å². The van der Waals surface area contributed by atoms with Crippen LogP contribution >= 0.6 is 57.5 Å². The third-order valence-electron chi connectivity index (χ3n) is 3.54. The summed E-state index contributed by atoms with van der Waals surface area (Å²) in [6.45, 7) is 0. The minimum Gasteiger partial charge on any atom is -0.296 e. The molecule has 0 spiro atoms. The molecule has 0 aliphatic rings. The minimum absolute atomic E-state index is 0.174. The van der Waals surface area contributed by atoms with Gasteiger partial charge < -0.3 is 0 Å². The van der Waals surface area contributed by atoms with E-state index in [1.54, 1.807) is 46.2 Å². The van der Waals surface area contributed by atoms with Crippen LogP contribution in [0.4, 0.5) is 5.13 Å². The summed E-state index contributed by atoms with van der Waals surface area (Å²) in [4.78, 5) is 19.2. The molecule has 1 N–H and O–H groups in total. The number of carbonyl (C=O) groups is 1. The van der Waals surface area contributed by atoms with Crippen LogP contribution in [-0.4, -0.2) is 21.1 Å². The highest BCUT2D eigenvalue weighted by Crippen LogP contribution is 2.31. The third kappa shape index (κ3) is 5.21. The normalized spacial score (nSPS) is 10.9. The molecule has 3 aromatic heterocycles. The molecule has 0 aliphatic heterocycles. The zero-order chi connectivity index (χ0) is 19.2. The summed E-state index contributed by atoms with van der Waals surface area (Å²) in [6, 6.07) is 11.7. The SMILES string of the molecule is O=C(Nc1nnc(SCc2cccs2)s1)c1ccccc1SCc1cscn1. The van der Waals surface area contributed by atoms with Crippen molar-refractivity contribution in [2.75, 3.05) is 5.32 Å². The van der Waals surface area contributed by atoms with Gasteiger partial charge in [0.15, 0.2) is 4.34 Å². The van der Waals surface area contributed by atoms with Crippen LogP contribution in [0.1, 0.15) is 20.9 Å². The van der Waals surface area contributed by atoms with E-state index in [2.05, 4.69) is 31.9 Å². The summed E-state index contributed by atoms with van der Waals surface area (Å²) >= 11 is 7.92. The molecule has 0 unspecified atom stereocenters. The molecule has 3 heterocycles. The Labute approximate surface area is 182 Å². The topological polar surface area (TPSA) is 67.8 Å². The Morgan fingerprint density at radius 3 is 2.82 bits per heavy atom. The second-order valence-corrected chi connectivity index (χ2v) is 10.4. The van der Waals surface area contributed by atoms with Crippen molar-refractivity contribution in [3.05, 3.63) is 68.8 Å². The molecule has 4 rings (SSSR count). The van der Waals surface area contributed by atoms with Gasteiger partial charge in [-0.2, -0.15) is 0 Å². The molecule has 142 valence electrons. The van der Waals surface area contributed by atoms with E-state index in [1.807, 2.05) is 41.2 Å². The first-order chi connectivity index (χ1) is 13.8. The molecule has 0 saturated carbocycles. The van der Waals surface area contributed by atoms with Crippen molar-refractivity contribution < 1.29 is 4.79 Å². The molecule has 10 heteroatoms. The number of nitrogens with zero attached hydrogens (tertiary/aromatic N) is 3. The molecular formula is C18H14N4OS5. The van der Waals surface area contributed by atoms with Gasteiger partial charge in [-0.05, 0) is 23.6 Å². The number of thiazole rings is 1. The molecule has 4 aromatic rings. The average molecular weight is 463 g/mol. The molecule has 0 bridgehead atoms. The fourth-order valence-electron chi connectivity index (χ4n) is 2.25. The molecule has 28 heavy (non-hydrogen) atoms. The molecular weight excluding hydrogens is 449 g/mol. The fourth-order valence-corrected chi connectivity index (χ4v) is 6.39. The van der Waals surface area contributed by atoms with Crippen molar-refractivity contribution in [3.8, 4) is 0 Å². The van der Waals surface area contributed by atoms with Crippen LogP contribution in [0.3, 0.4) is 0 Å². The lowest BCUT2D eigenvalue weighted by molar-refractivity contribution is 0.102. The summed E-state index contributed by atoms with van der Waals surface area (Å²) in [6.07, 6.45) is 0. The Balaban J connectivity index is 1.38. The second kappa shape index (κ2) is 9.66. The highest BCUT2D eigenvalue weighted by atomic mass is 32.2. The quantitative estimate of drug-likeness (QED) is 0.260. The summed E-state index contributed by atoms with van der Waals surface area (Å²) in [5.74, 6) is 1.42. The van der Waals surface area contributed by atoms with Crippen molar-refractivity contribution >= 4 is 68.6 Å². The lowest BCUT2D eigenvalue weighted by atomic mass is 10.2. The number of benzene rings is 1. The number of thioether (sulfide) groups is 2. The zero-order valence-electron chi connectivity index (χ0n) is 14.4. The zero-order valence-corrected chi connectivity index (χ0v) is 18.5. The van der Waals surface area contributed by atoms with E-state index in [0.29, 0.717) is 10.7 Å². The van der Waals surface area contributed by atoms with Crippen molar-refractivity contribution in [3.63, 3.8) is 0 Å². The standard InChI is InChI=1S/C18H14N4OS5/c23-16(14-5-1-2-6-15(14)26-9-12-8-24-11-19-12)20-17-21-22-18(28-17)27-10-13-4-3-7-25-13/h1-8,11H,9-10H2,(H,20,21,23). The molecule has 0 aliphatic carbocycles. The van der Waals surface area contributed by atoms with E-state index in [0.717, 1.165) is 26.4 Å². The van der Waals surface area contributed by atoms with Crippen LogP contribution in [0.25, 0.3) is 0 Å². The molecule has 1 amide bonds. The number of anilines is 1. The van der Waals surface area contributed by atoms with Gasteiger partial charge in [-0.15, -0.1) is 44.6 Å². The molecule has 0 fully saturated rings. The number of rotatable bonds is 8. The fraction of sp³-hybridized carbons (Fsp3) is 0.111. The lowest BCUT2D eigenvalue weighted by Crippen LogP contribution is -2.12. The Hall–Kier alpha value is -1.72. The Morgan fingerprint density at radius 2 is 2.00 bits per heavy atom. The Morgan fingerprint density at radius 1 is 1.07 bits per heavy atom. The van der Waals surface area contributed by atoms with Gasteiger partial charge >= 0.3 is 0 Å². The van der Waals surface area contributed by atoms with E-state index < -0.39 is 0 Å². The summed E-state index contributed by atoms with van der Waals surface area (Å²) in [5, 5.41) is 15.7. The van der Waals surface area contributed by atoms with Crippen molar-refractivity contribution in [2.45, 2.75) is 20.7 Å². The van der Waals surface area contributed by atoms with Gasteiger partial charge in [0.1, 0.15) is 0 Å². The average Bonchev–Trinajstić information content (AvgIpc) is 3.47. The number of thiophene rings is 1. The van der Waals surface area contributed by atoms with Gasteiger partial charge in [0.2, 0.25) is 5.13 Å². The summed E-state index contributed by atoms with van der Waals surface area (Å²) < 4.78 is 0.842. The monoisotopic (exact) mass is 462 g/mol. The van der Waals surface area contributed by atoms with Crippen LogP contribution in [-0.2, 0) is 11.5 Å². The van der Waals surface area contributed by atoms with Gasteiger partial charge in [-0.1, -0.05) is 41.3 Å². The van der Waals surface area contributed by atoms with Crippen LogP contribution in [0, 0.1) is 0 Å². The van der Waals surface area contributed by atoms with Crippen LogP contribution in [0.2, 0.25) is 0 Å². The number of carbonyl (C=O) groups excluding carboxylic acids is 1. The summed E-state index contributed by atoms with van der Waals surface area (Å²) in [5.41, 5.74) is 3.46. The van der Waals surface area contributed by atoms with Gasteiger partial charge in [0.25, 0.3) is 5.91 Å². The van der Waals surface area contributed by atoms with E-state index >= 15 is 0 Å². The minimum atomic E-state index is -0.174. The molecule has 0 radical (unpaired) electrons. The highest BCUT2D eigenvalue weighted by Gasteiger charge is 2.15. The summed E-state index contributed by atoms with van der Waals surface area (Å²) in [7, 11) is 0. The second-order valence-electron chi connectivity index (χ2n) is 5.46. The maximum atomic E-state index is 12.7.